The average molecular weight is 451 g/mol. The third-order valence-corrected chi connectivity index (χ3v) is 9.30. The minimum atomic E-state index is -3.73. The predicted molar refractivity (Wildman–Crippen MR) is 115 cm³/mol. The van der Waals surface area contributed by atoms with Crippen molar-refractivity contribution >= 4 is 25.7 Å². The van der Waals surface area contributed by atoms with Gasteiger partial charge in [-0.3, -0.25) is 4.31 Å². The van der Waals surface area contributed by atoms with Gasteiger partial charge in [0.25, 0.3) is 10.0 Å². The van der Waals surface area contributed by atoms with Crippen LogP contribution in [-0.4, -0.2) is 47.4 Å². The molecule has 4 rings (SSSR count). The van der Waals surface area contributed by atoms with Crippen LogP contribution in [0, 0.1) is 0 Å². The van der Waals surface area contributed by atoms with Crippen molar-refractivity contribution in [2.75, 3.05) is 30.5 Å². The van der Waals surface area contributed by atoms with Gasteiger partial charge in [0.05, 0.1) is 22.1 Å². The van der Waals surface area contributed by atoms with Crippen molar-refractivity contribution in [3.8, 4) is 5.75 Å². The quantitative estimate of drug-likeness (QED) is 0.676. The molecule has 0 saturated carbocycles. The topological polar surface area (TPSA) is 84.0 Å². The molecule has 2 aromatic carbocycles. The number of rotatable bonds is 6. The Morgan fingerprint density at radius 3 is 2.17 bits per heavy atom. The van der Waals surface area contributed by atoms with Gasteiger partial charge in [0.2, 0.25) is 10.0 Å². The SMILES string of the molecule is CCOc1ccc(S(=O)(=O)N2CCc3cc(S(=O)(=O)N4CCCCC4)ccc32)cc1. The van der Waals surface area contributed by atoms with Gasteiger partial charge in [-0.25, -0.2) is 16.8 Å². The van der Waals surface area contributed by atoms with Crippen LogP contribution in [-0.2, 0) is 26.5 Å². The highest BCUT2D eigenvalue weighted by Crippen LogP contribution is 2.35. The molecule has 1 fully saturated rings. The number of anilines is 1. The van der Waals surface area contributed by atoms with Crippen molar-refractivity contribution < 1.29 is 21.6 Å². The second kappa shape index (κ2) is 8.20. The molecule has 0 spiro atoms. The number of hydrogen-bond donors (Lipinski definition) is 0. The molecule has 2 aromatic rings. The lowest BCUT2D eigenvalue weighted by Gasteiger charge is -2.26. The van der Waals surface area contributed by atoms with Crippen molar-refractivity contribution in [1.29, 1.82) is 0 Å². The van der Waals surface area contributed by atoms with E-state index in [4.69, 9.17) is 4.74 Å². The third kappa shape index (κ3) is 3.81. The van der Waals surface area contributed by atoms with Crippen LogP contribution in [0.15, 0.2) is 52.3 Å². The number of fused-ring (bicyclic) bond motifs is 1. The summed E-state index contributed by atoms with van der Waals surface area (Å²) in [5.74, 6) is 0.617. The molecule has 0 unspecified atom stereocenters. The van der Waals surface area contributed by atoms with E-state index < -0.39 is 20.0 Å². The number of piperidine rings is 1. The standard InChI is InChI=1S/C21H26N2O5S2/c1-2-28-18-6-8-19(9-7-18)30(26,27)23-15-12-17-16-20(10-11-21(17)23)29(24,25)22-13-4-3-5-14-22/h6-11,16H,2-5,12-15H2,1H3. The first-order chi connectivity index (χ1) is 14.3. The first kappa shape index (κ1) is 21.1. The molecule has 2 aliphatic heterocycles. The molecular weight excluding hydrogens is 424 g/mol. The van der Waals surface area contributed by atoms with Crippen molar-refractivity contribution in [1.82, 2.24) is 4.31 Å². The summed E-state index contributed by atoms with van der Waals surface area (Å²) in [7, 11) is -7.28. The molecule has 2 aliphatic rings. The normalized spacial score (nSPS) is 17.7. The Morgan fingerprint density at radius 1 is 0.833 bits per heavy atom. The largest absolute Gasteiger partial charge is 0.494 e. The smallest absolute Gasteiger partial charge is 0.264 e. The van der Waals surface area contributed by atoms with Gasteiger partial charge in [-0.1, -0.05) is 6.42 Å². The van der Waals surface area contributed by atoms with Crippen molar-refractivity contribution in [2.24, 2.45) is 0 Å². The average Bonchev–Trinajstić information content (AvgIpc) is 3.19. The van der Waals surface area contributed by atoms with E-state index in [1.54, 1.807) is 24.3 Å². The number of sulfonamides is 2. The van der Waals surface area contributed by atoms with Gasteiger partial charge < -0.3 is 4.74 Å². The summed E-state index contributed by atoms with van der Waals surface area (Å²) in [4.78, 5) is 0.423. The summed E-state index contributed by atoms with van der Waals surface area (Å²) >= 11 is 0. The van der Waals surface area contributed by atoms with Gasteiger partial charge in [-0.15, -0.1) is 0 Å². The first-order valence-electron chi connectivity index (χ1n) is 10.2. The van der Waals surface area contributed by atoms with E-state index in [2.05, 4.69) is 0 Å². The zero-order chi connectivity index (χ0) is 21.4. The Morgan fingerprint density at radius 2 is 1.50 bits per heavy atom. The second-order valence-electron chi connectivity index (χ2n) is 7.49. The van der Waals surface area contributed by atoms with Gasteiger partial charge in [-0.2, -0.15) is 4.31 Å². The Kier molecular flexibility index (Phi) is 5.78. The molecule has 1 saturated heterocycles. The summed E-state index contributed by atoms with van der Waals surface area (Å²) < 4.78 is 60.5. The van der Waals surface area contributed by atoms with Crippen LogP contribution >= 0.6 is 0 Å². The molecule has 2 heterocycles. The van der Waals surface area contributed by atoms with E-state index in [1.807, 2.05) is 6.92 Å². The van der Waals surface area contributed by atoms with Crippen molar-refractivity contribution in [3.63, 3.8) is 0 Å². The number of nitrogens with zero attached hydrogens (tertiary/aromatic N) is 2. The van der Waals surface area contributed by atoms with E-state index in [9.17, 15) is 16.8 Å². The zero-order valence-corrected chi connectivity index (χ0v) is 18.6. The van der Waals surface area contributed by atoms with Crippen molar-refractivity contribution in [3.05, 3.63) is 48.0 Å². The molecule has 0 aromatic heterocycles. The van der Waals surface area contributed by atoms with Gasteiger partial charge in [0, 0.05) is 19.6 Å². The predicted octanol–water partition coefficient (Wildman–Crippen LogP) is 3.01. The molecule has 162 valence electrons. The van der Waals surface area contributed by atoms with Crippen LogP contribution in [0.4, 0.5) is 5.69 Å². The number of hydrogen-bond acceptors (Lipinski definition) is 5. The lowest BCUT2D eigenvalue weighted by molar-refractivity contribution is 0.340. The molecule has 0 amide bonds. The highest BCUT2D eigenvalue weighted by Gasteiger charge is 2.33. The minimum Gasteiger partial charge on any atom is -0.494 e. The van der Waals surface area contributed by atoms with Crippen LogP contribution in [0.2, 0.25) is 0 Å². The monoisotopic (exact) mass is 450 g/mol. The maximum Gasteiger partial charge on any atom is 0.264 e. The Hall–Kier alpha value is -2.10. The van der Waals surface area contributed by atoms with E-state index >= 15 is 0 Å². The van der Waals surface area contributed by atoms with Crippen LogP contribution in [0.5, 0.6) is 5.75 Å². The fraction of sp³-hybridized carbons (Fsp3) is 0.429. The molecule has 7 nitrogen and oxygen atoms in total. The lowest BCUT2D eigenvalue weighted by atomic mass is 10.2. The van der Waals surface area contributed by atoms with Crippen LogP contribution in [0.3, 0.4) is 0 Å². The zero-order valence-electron chi connectivity index (χ0n) is 17.0. The van der Waals surface area contributed by atoms with Crippen LogP contribution in [0.1, 0.15) is 31.7 Å². The third-order valence-electron chi connectivity index (χ3n) is 5.58. The molecule has 0 bridgehead atoms. The Balaban J connectivity index is 1.61. The molecule has 0 radical (unpaired) electrons. The lowest BCUT2D eigenvalue weighted by Crippen LogP contribution is -2.35. The number of benzene rings is 2. The Bertz CT molecular complexity index is 1120. The molecule has 0 atom stereocenters. The van der Waals surface area contributed by atoms with Crippen molar-refractivity contribution in [2.45, 2.75) is 42.4 Å². The minimum absolute atomic E-state index is 0.184. The van der Waals surface area contributed by atoms with Gasteiger partial charge in [0.15, 0.2) is 0 Å². The second-order valence-corrected chi connectivity index (χ2v) is 11.3. The fourth-order valence-electron chi connectivity index (χ4n) is 4.01. The maximum absolute atomic E-state index is 13.2. The molecular formula is C21H26N2O5S2. The molecule has 0 aliphatic carbocycles. The van der Waals surface area contributed by atoms with Gasteiger partial charge in [-0.05, 0) is 74.2 Å². The van der Waals surface area contributed by atoms with E-state index in [-0.39, 0.29) is 16.3 Å². The molecule has 30 heavy (non-hydrogen) atoms. The summed E-state index contributed by atoms with van der Waals surface area (Å²) in [6.07, 6.45) is 3.28. The van der Waals surface area contributed by atoms with E-state index in [1.165, 1.54) is 26.8 Å². The summed E-state index contributed by atoms with van der Waals surface area (Å²) in [5, 5.41) is 0. The summed E-state index contributed by atoms with van der Waals surface area (Å²) in [6, 6.07) is 11.1. The molecule has 0 N–H and O–H groups in total. The summed E-state index contributed by atoms with van der Waals surface area (Å²) in [5.41, 5.74) is 1.28. The first-order valence-corrected chi connectivity index (χ1v) is 13.1. The maximum atomic E-state index is 13.2. The highest BCUT2D eigenvalue weighted by atomic mass is 32.2. The molecule has 9 heteroatoms. The van der Waals surface area contributed by atoms with Gasteiger partial charge >= 0.3 is 0 Å². The van der Waals surface area contributed by atoms with Crippen LogP contribution in [0.25, 0.3) is 0 Å². The summed E-state index contributed by atoms with van der Waals surface area (Å²) in [6.45, 7) is 3.74. The van der Waals surface area contributed by atoms with Gasteiger partial charge in [0.1, 0.15) is 5.75 Å². The van der Waals surface area contributed by atoms with Crippen LogP contribution < -0.4 is 9.04 Å². The van der Waals surface area contributed by atoms with E-state index in [0.29, 0.717) is 37.6 Å². The van der Waals surface area contributed by atoms with E-state index in [0.717, 1.165) is 24.8 Å². The fourth-order valence-corrected chi connectivity index (χ4v) is 7.09. The highest BCUT2D eigenvalue weighted by molar-refractivity contribution is 7.92. The number of ether oxygens (including phenoxy) is 1. The Labute approximate surface area is 178 Å².